The van der Waals surface area contributed by atoms with Crippen LogP contribution in [-0.4, -0.2) is 36.1 Å². The van der Waals surface area contributed by atoms with Crippen LogP contribution < -0.4 is 5.32 Å². The summed E-state index contributed by atoms with van der Waals surface area (Å²) in [7, 11) is 0. The molecule has 0 saturated carbocycles. The average Bonchev–Trinajstić information content (AvgIpc) is 2.27. The lowest BCUT2D eigenvalue weighted by molar-refractivity contribution is 0.181. The van der Waals surface area contributed by atoms with Crippen molar-refractivity contribution < 1.29 is 0 Å². The van der Waals surface area contributed by atoms with Crippen LogP contribution in [0.4, 0.5) is 0 Å². The van der Waals surface area contributed by atoms with Gasteiger partial charge in [0, 0.05) is 24.5 Å². The molecule has 1 rings (SSSR count). The van der Waals surface area contributed by atoms with E-state index >= 15 is 0 Å². The SMILES string of the molecule is C#CCC(C)N1CCCNC(C)(C)C1. The predicted molar refractivity (Wildman–Crippen MR) is 61.2 cm³/mol. The minimum Gasteiger partial charge on any atom is -0.310 e. The van der Waals surface area contributed by atoms with Gasteiger partial charge in [-0.05, 0) is 40.3 Å². The molecule has 2 nitrogen and oxygen atoms in total. The monoisotopic (exact) mass is 194 g/mol. The van der Waals surface area contributed by atoms with Gasteiger partial charge in [-0.15, -0.1) is 12.3 Å². The van der Waals surface area contributed by atoms with Crippen LogP contribution in [0.5, 0.6) is 0 Å². The molecule has 1 heterocycles. The summed E-state index contributed by atoms with van der Waals surface area (Å²) in [4.78, 5) is 2.50. The Balaban J connectivity index is 2.55. The molecule has 1 atom stereocenters. The first-order valence-electron chi connectivity index (χ1n) is 5.48. The van der Waals surface area contributed by atoms with Gasteiger partial charge >= 0.3 is 0 Å². The molecule has 0 aromatic carbocycles. The molecule has 2 heteroatoms. The van der Waals surface area contributed by atoms with E-state index in [0.29, 0.717) is 6.04 Å². The highest BCUT2D eigenvalue weighted by molar-refractivity contribution is 4.92. The van der Waals surface area contributed by atoms with E-state index in [4.69, 9.17) is 6.42 Å². The molecule has 14 heavy (non-hydrogen) atoms. The molecule has 1 N–H and O–H groups in total. The van der Waals surface area contributed by atoms with Crippen molar-refractivity contribution in [1.82, 2.24) is 10.2 Å². The van der Waals surface area contributed by atoms with Crippen LogP contribution in [0, 0.1) is 12.3 Å². The third-order valence-corrected chi connectivity index (χ3v) is 2.86. The Kier molecular flexibility index (Phi) is 3.97. The van der Waals surface area contributed by atoms with Crippen LogP contribution in [0.25, 0.3) is 0 Å². The van der Waals surface area contributed by atoms with Crippen molar-refractivity contribution >= 4 is 0 Å². The van der Waals surface area contributed by atoms with E-state index in [1.165, 1.54) is 13.0 Å². The van der Waals surface area contributed by atoms with Crippen LogP contribution in [0.15, 0.2) is 0 Å². The van der Waals surface area contributed by atoms with Crippen molar-refractivity contribution in [2.24, 2.45) is 0 Å². The molecule has 0 aromatic heterocycles. The maximum atomic E-state index is 5.35. The van der Waals surface area contributed by atoms with Crippen molar-refractivity contribution in [3.63, 3.8) is 0 Å². The van der Waals surface area contributed by atoms with Gasteiger partial charge in [0.15, 0.2) is 0 Å². The third-order valence-electron chi connectivity index (χ3n) is 2.86. The molecule has 0 aromatic rings. The van der Waals surface area contributed by atoms with E-state index in [1.807, 2.05) is 0 Å². The number of nitrogens with one attached hydrogen (secondary N) is 1. The second-order valence-corrected chi connectivity index (χ2v) is 4.89. The van der Waals surface area contributed by atoms with Gasteiger partial charge in [0.1, 0.15) is 0 Å². The fourth-order valence-corrected chi connectivity index (χ4v) is 2.03. The molecule has 0 aliphatic carbocycles. The maximum absolute atomic E-state index is 5.35. The molecular formula is C12H22N2. The van der Waals surface area contributed by atoms with Gasteiger partial charge in [-0.25, -0.2) is 0 Å². The zero-order valence-electron chi connectivity index (χ0n) is 9.64. The molecule has 80 valence electrons. The Hall–Kier alpha value is -0.520. The Labute approximate surface area is 88.1 Å². The fourth-order valence-electron chi connectivity index (χ4n) is 2.03. The van der Waals surface area contributed by atoms with Crippen LogP contribution in [0.1, 0.15) is 33.6 Å². The van der Waals surface area contributed by atoms with E-state index in [-0.39, 0.29) is 5.54 Å². The third kappa shape index (κ3) is 3.32. The van der Waals surface area contributed by atoms with Gasteiger partial charge in [0.2, 0.25) is 0 Å². The number of terminal acetylenes is 1. The van der Waals surface area contributed by atoms with Crippen LogP contribution >= 0.6 is 0 Å². The lowest BCUT2D eigenvalue weighted by atomic mass is 10.0. The van der Waals surface area contributed by atoms with Gasteiger partial charge in [0.25, 0.3) is 0 Å². The van der Waals surface area contributed by atoms with Crippen molar-refractivity contribution in [1.29, 1.82) is 0 Å². The second-order valence-electron chi connectivity index (χ2n) is 4.89. The fraction of sp³-hybridized carbons (Fsp3) is 0.833. The van der Waals surface area contributed by atoms with E-state index in [0.717, 1.165) is 19.5 Å². The second kappa shape index (κ2) is 4.82. The number of hydrogen-bond donors (Lipinski definition) is 1. The molecule has 1 saturated heterocycles. The minimum atomic E-state index is 0.222. The summed E-state index contributed by atoms with van der Waals surface area (Å²) in [6.45, 7) is 10.1. The molecule has 1 unspecified atom stereocenters. The zero-order valence-corrected chi connectivity index (χ0v) is 9.64. The lowest BCUT2D eigenvalue weighted by Crippen LogP contribution is -2.48. The summed E-state index contributed by atoms with van der Waals surface area (Å²) in [5.74, 6) is 2.75. The lowest BCUT2D eigenvalue weighted by Gasteiger charge is -2.33. The van der Waals surface area contributed by atoms with Crippen LogP contribution in [0.3, 0.4) is 0 Å². The molecule has 0 bridgehead atoms. The van der Waals surface area contributed by atoms with Crippen LogP contribution in [-0.2, 0) is 0 Å². The van der Waals surface area contributed by atoms with Gasteiger partial charge < -0.3 is 5.32 Å². The summed E-state index contributed by atoms with van der Waals surface area (Å²) in [5.41, 5.74) is 0.222. The number of nitrogens with zero attached hydrogens (tertiary/aromatic N) is 1. The van der Waals surface area contributed by atoms with Crippen molar-refractivity contribution in [2.45, 2.75) is 45.2 Å². The molecule has 0 amide bonds. The zero-order chi connectivity index (χ0) is 10.6. The number of rotatable bonds is 2. The molecular weight excluding hydrogens is 172 g/mol. The molecule has 1 aliphatic heterocycles. The Bertz CT molecular complexity index is 215. The Morgan fingerprint density at radius 1 is 1.57 bits per heavy atom. The topological polar surface area (TPSA) is 15.3 Å². The van der Waals surface area contributed by atoms with E-state index < -0.39 is 0 Å². The van der Waals surface area contributed by atoms with Gasteiger partial charge in [-0.1, -0.05) is 0 Å². The summed E-state index contributed by atoms with van der Waals surface area (Å²) in [6.07, 6.45) is 7.43. The van der Waals surface area contributed by atoms with Crippen LogP contribution in [0.2, 0.25) is 0 Å². The Morgan fingerprint density at radius 3 is 2.93 bits per heavy atom. The molecule has 1 fully saturated rings. The quantitative estimate of drug-likeness (QED) is 0.670. The minimum absolute atomic E-state index is 0.222. The predicted octanol–water partition coefficient (Wildman–Crippen LogP) is 1.47. The van der Waals surface area contributed by atoms with E-state index in [9.17, 15) is 0 Å². The first-order valence-corrected chi connectivity index (χ1v) is 5.48. The first-order chi connectivity index (χ1) is 6.55. The normalized spacial score (nSPS) is 25.0. The summed E-state index contributed by atoms with van der Waals surface area (Å²) < 4.78 is 0. The van der Waals surface area contributed by atoms with Crippen molar-refractivity contribution in [2.75, 3.05) is 19.6 Å². The van der Waals surface area contributed by atoms with Crippen molar-refractivity contribution in [3.05, 3.63) is 0 Å². The highest BCUT2D eigenvalue weighted by Gasteiger charge is 2.26. The molecule has 0 spiro atoms. The smallest absolute Gasteiger partial charge is 0.0252 e. The van der Waals surface area contributed by atoms with Gasteiger partial charge in [-0.2, -0.15) is 0 Å². The average molecular weight is 194 g/mol. The maximum Gasteiger partial charge on any atom is 0.0252 e. The molecule has 0 radical (unpaired) electrons. The van der Waals surface area contributed by atoms with Crippen molar-refractivity contribution in [3.8, 4) is 12.3 Å². The summed E-state index contributed by atoms with van der Waals surface area (Å²) in [5, 5.41) is 3.55. The molecule has 1 aliphatic rings. The summed E-state index contributed by atoms with van der Waals surface area (Å²) in [6, 6.07) is 0.513. The standard InChI is InChI=1S/C12H22N2/c1-5-7-11(2)14-9-6-8-13-12(3,4)10-14/h1,11,13H,6-10H2,2-4H3. The highest BCUT2D eigenvalue weighted by atomic mass is 15.2. The van der Waals surface area contributed by atoms with Gasteiger partial charge in [0.05, 0.1) is 0 Å². The van der Waals surface area contributed by atoms with Gasteiger partial charge in [-0.3, -0.25) is 4.90 Å². The largest absolute Gasteiger partial charge is 0.310 e. The highest BCUT2D eigenvalue weighted by Crippen LogP contribution is 2.14. The summed E-state index contributed by atoms with van der Waals surface area (Å²) >= 11 is 0. The van der Waals surface area contributed by atoms with E-state index in [2.05, 4.69) is 36.9 Å². The first kappa shape index (κ1) is 11.6. The van der Waals surface area contributed by atoms with E-state index in [1.54, 1.807) is 0 Å². The number of hydrogen-bond acceptors (Lipinski definition) is 2. The Morgan fingerprint density at radius 2 is 2.29 bits per heavy atom.